The van der Waals surface area contributed by atoms with E-state index in [1.165, 1.54) is 12.1 Å². The Morgan fingerprint density at radius 3 is 2.24 bits per heavy atom. The highest BCUT2D eigenvalue weighted by Crippen LogP contribution is 2.32. The number of nitrogens with zero attached hydrogens (tertiary/aromatic N) is 3. The lowest BCUT2D eigenvalue weighted by Crippen LogP contribution is -2.46. The standard InChI is InChI=1S/C20H20FN3O/c1-13-11-24(12-14(2)25-13)20-18-6-4-3-5-17(18)19(22-23-20)15-7-9-16(21)10-8-15/h3-10,13-14H,11-12H2,1-2H3/t13-,14+. The molecule has 1 fully saturated rings. The Hall–Kier alpha value is -2.53. The van der Waals surface area contributed by atoms with Crippen LogP contribution in [0.5, 0.6) is 0 Å². The van der Waals surface area contributed by atoms with Gasteiger partial charge >= 0.3 is 0 Å². The number of fused-ring (bicyclic) bond motifs is 1. The minimum absolute atomic E-state index is 0.154. The van der Waals surface area contributed by atoms with E-state index < -0.39 is 0 Å². The van der Waals surface area contributed by atoms with E-state index in [1.807, 2.05) is 18.2 Å². The second kappa shape index (κ2) is 6.41. The molecule has 2 aromatic carbocycles. The number of anilines is 1. The molecular formula is C20H20FN3O. The van der Waals surface area contributed by atoms with Crippen LogP contribution < -0.4 is 4.90 Å². The zero-order chi connectivity index (χ0) is 17.4. The molecule has 25 heavy (non-hydrogen) atoms. The highest BCUT2D eigenvalue weighted by Gasteiger charge is 2.25. The van der Waals surface area contributed by atoms with E-state index in [9.17, 15) is 4.39 Å². The molecule has 0 amide bonds. The van der Waals surface area contributed by atoms with E-state index in [2.05, 4.69) is 35.0 Å². The molecule has 0 bridgehead atoms. The SMILES string of the molecule is C[C@@H]1CN(c2nnc(-c3ccc(F)cc3)c3ccccc23)C[C@H](C)O1. The molecule has 1 saturated heterocycles. The highest BCUT2D eigenvalue weighted by atomic mass is 19.1. The van der Waals surface area contributed by atoms with Crippen molar-refractivity contribution in [2.24, 2.45) is 0 Å². The third-order valence-electron chi connectivity index (χ3n) is 4.50. The molecule has 0 radical (unpaired) electrons. The van der Waals surface area contributed by atoms with Gasteiger partial charge in [-0.15, -0.1) is 10.2 Å². The number of benzene rings is 2. The summed E-state index contributed by atoms with van der Waals surface area (Å²) in [5.41, 5.74) is 1.63. The average Bonchev–Trinajstić information content (AvgIpc) is 2.61. The van der Waals surface area contributed by atoms with E-state index in [1.54, 1.807) is 12.1 Å². The topological polar surface area (TPSA) is 38.2 Å². The van der Waals surface area contributed by atoms with Gasteiger partial charge < -0.3 is 9.64 Å². The third kappa shape index (κ3) is 3.07. The quantitative estimate of drug-likeness (QED) is 0.707. The zero-order valence-electron chi connectivity index (χ0n) is 14.3. The van der Waals surface area contributed by atoms with Crippen molar-refractivity contribution in [3.63, 3.8) is 0 Å². The first kappa shape index (κ1) is 16.0. The van der Waals surface area contributed by atoms with Crippen LogP contribution in [0.4, 0.5) is 10.2 Å². The van der Waals surface area contributed by atoms with Crippen molar-refractivity contribution >= 4 is 16.6 Å². The van der Waals surface area contributed by atoms with Crippen LogP contribution in [0.1, 0.15) is 13.8 Å². The fraction of sp³-hybridized carbons (Fsp3) is 0.300. The number of hydrogen-bond acceptors (Lipinski definition) is 4. The van der Waals surface area contributed by atoms with Gasteiger partial charge in [-0.25, -0.2) is 4.39 Å². The maximum atomic E-state index is 13.2. The van der Waals surface area contributed by atoms with Gasteiger partial charge in [-0.2, -0.15) is 0 Å². The number of ether oxygens (including phenoxy) is 1. The van der Waals surface area contributed by atoms with Crippen molar-refractivity contribution in [2.45, 2.75) is 26.1 Å². The fourth-order valence-electron chi connectivity index (χ4n) is 3.50. The summed E-state index contributed by atoms with van der Waals surface area (Å²) >= 11 is 0. The van der Waals surface area contributed by atoms with Crippen LogP contribution in [0.15, 0.2) is 48.5 Å². The predicted molar refractivity (Wildman–Crippen MR) is 97.2 cm³/mol. The predicted octanol–water partition coefficient (Wildman–Crippen LogP) is 4.05. The molecule has 0 N–H and O–H groups in total. The number of morpholine rings is 1. The van der Waals surface area contributed by atoms with Crippen molar-refractivity contribution < 1.29 is 9.13 Å². The molecule has 4 rings (SSSR count). The lowest BCUT2D eigenvalue weighted by Gasteiger charge is -2.36. The Balaban J connectivity index is 1.83. The van der Waals surface area contributed by atoms with Crippen molar-refractivity contribution in [2.75, 3.05) is 18.0 Å². The van der Waals surface area contributed by atoms with Crippen LogP contribution in [-0.4, -0.2) is 35.5 Å². The zero-order valence-corrected chi connectivity index (χ0v) is 14.3. The second-order valence-corrected chi connectivity index (χ2v) is 6.59. The van der Waals surface area contributed by atoms with Crippen LogP contribution >= 0.6 is 0 Å². The first-order valence-corrected chi connectivity index (χ1v) is 8.53. The summed E-state index contributed by atoms with van der Waals surface area (Å²) in [6.07, 6.45) is 0.308. The maximum absolute atomic E-state index is 13.2. The number of aromatic nitrogens is 2. The Morgan fingerprint density at radius 2 is 1.56 bits per heavy atom. The molecular weight excluding hydrogens is 317 g/mol. The summed E-state index contributed by atoms with van der Waals surface area (Å²) in [5, 5.41) is 11.1. The molecule has 1 aliphatic rings. The lowest BCUT2D eigenvalue weighted by molar-refractivity contribution is -0.00540. The molecule has 2 atom stereocenters. The van der Waals surface area contributed by atoms with Gasteiger partial charge in [0.15, 0.2) is 5.82 Å². The summed E-state index contributed by atoms with van der Waals surface area (Å²) in [7, 11) is 0. The summed E-state index contributed by atoms with van der Waals surface area (Å²) in [6.45, 7) is 5.73. The van der Waals surface area contributed by atoms with E-state index in [4.69, 9.17) is 4.74 Å². The molecule has 0 aliphatic carbocycles. The van der Waals surface area contributed by atoms with Crippen LogP contribution in [0, 0.1) is 5.82 Å². The Bertz CT molecular complexity index is 887. The van der Waals surface area contributed by atoms with Crippen LogP contribution in [-0.2, 0) is 4.74 Å². The first-order chi connectivity index (χ1) is 12.1. The molecule has 4 nitrogen and oxygen atoms in total. The third-order valence-corrected chi connectivity index (χ3v) is 4.50. The normalized spacial score (nSPS) is 20.8. The molecule has 1 aliphatic heterocycles. The second-order valence-electron chi connectivity index (χ2n) is 6.59. The van der Waals surface area contributed by atoms with Crippen molar-refractivity contribution in [3.05, 3.63) is 54.3 Å². The van der Waals surface area contributed by atoms with Crippen LogP contribution in [0.2, 0.25) is 0 Å². The van der Waals surface area contributed by atoms with Crippen LogP contribution in [0.3, 0.4) is 0 Å². The van der Waals surface area contributed by atoms with E-state index >= 15 is 0 Å². The van der Waals surface area contributed by atoms with E-state index in [0.29, 0.717) is 0 Å². The number of rotatable bonds is 2. The van der Waals surface area contributed by atoms with Gasteiger partial charge in [0.25, 0.3) is 0 Å². The van der Waals surface area contributed by atoms with Crippen LogP contribution in [0.25, 0.3) is 22.0 Å². The molecule has 1 aromatic heterocycles. The molecule has 0 spiro atoms. The minimum atomic E-state index is -0.256. The Kier molecular flexibility index (Phi) is 4.09. The summed E-state index contributed by atoms with van der Waals surface area (Å²) in [6, 6.07) is 14.5. The van der Waals surface area contributed by atoms with Crippen molar-refractivity contribution in [1.29, 1.82) is 0 Å². The molecule has 128 valence electrons. The highest BCUT2D eigenvalue weighted by molar-refractivity contribution is 6.00. The Labute approximate surface area is 146 Å². The monoisotopic (exact) mass is 337 g/mol. The number of halogens is 1. The maximum Gasteiger partial charge on any atom is 0.159 e. The van der Waals surface area contributed by atoms with Crippen molar-refractivity contribution in [1.82, 2.24) is 10.2 Å². The van der Waals surface area contributed by atoms with E-state index in [-0.39, 0.29) is 18.0 Å². The Morgan fingerprint density at radius 1 is 0.920 bits per heavy atom. The summed E-state index contributed by atoms with van der Waals surface area (Å²) < 4.78 is 19.1. The van der Waals surface area contributed by atoms with Crippen molar-refractivity contribution in [3.8, 4) is 11.3 Å². The molecule has 5 heteroatoms. The van der Waals surface area contributed by atoms with Gasteiger partial charge in [-0.05, 0) is 38.1 Å². The minimum Gasteiger partial charge on any atom is -0.372 e. The van der Waals surface area contributed by atoms with E-state index in [0.717, 1.165) is 40.9 Å². The van der Waals surface area contributed by atoms with Gasteiger partial charge in [0, 0.05) is 29.4 Å². The van der Waals surface area contributed by atoms with Gasteiger partial charge in [-0.3, -0.25) is 0 Å². The summed E-state index contributed by atoms with van der Waals surface area (Å²) in [5.74, 6) is 0.623. The molecule has 0 unspecified atom stereocenters. The molecule has 0 saturated carbocycles. The largest absolute Gasteiger partial charge is 0.372 e. The lowest BCUT2D eigenvalue weighted by atomic mass is 10.0. The smallest absolute Gasteiger partial charge is 0.159 e. The van der Waals surface area contributed by atoms with Gasteiger partial charge in [-0.1, -0.05) is 24.3 Å². The first-order valence-electron chi connectivity index (χ1n) is 8.53. The molecule has 2 heterocycles. The van der Waals surface area contributed by atoms with Gasteiger partial charge in [0.1, 0.15) is 11.5 Å². The number of hydrogen-bond donors (Lipinski definition) is 0. The van der Waals surface area contributed by atoms with Gasteiger partial charge in [0.2, 0.25) is 0 Å². The van der Waals surface area contributed by atoms with Gasteiger partial charge in [0.05, 0.1) is 12.2 Å². The average molecular weight is 337 g/mol. The summed E-state index contributed by atoms with van der Waals surface area (Å²) in [4.78, 5) is 2.24. The fourth-order valence-corrected chi connectivity index (χ4v) is 3.50. The molecule has 3 aromatic rings.